The lowest BCUT2D eigenvalue weighted by Crippen LogP contribution is -2.16. The minimum absolute atomic E-state index is 0.134. The summed E-state index contributed by atoms with van der Waals surface area (Å²) in [6.07, 6.45) is -4.75. The third-order valence-electron chi connectivity index (χ3n) is 2.40. The molecule has 2 aromatic rings. The smallest absolute Gasteiger partial charge is 0.406 e. The number of nitriles is 1. The summed E-state index contributed by atoms with van der Waals surface area (Å²) in [6, 6.07) is 10.4. The number of anilines is 2. The second kappa shape index (κ2) is 5.71. The van der Waals surface area contributed by atoms with Crippen molar-refractivity contribution in [2.75, 3.05) is 5.32 Å². The summed E-state index contributed by atoms with van der Waals surface area (Å²) < 4.78 is 53.0. The van der Waals surface area contributed by atoms with Crippen LogP contribution in [-0.4, -0.2) is 6.36 Å². The van der Waals surface area contributed by atoms with Gasteiger partial charge in [-0.15, -0.1) is 13.2 Å². The van der Waals surface area contributed by atoms with E-state index in [9.17, 15) is 17.6 Å². The number of nitrogens with one attached hydrogen (secondary N) is 1. The molecule has 0 radical (unpaired) electrons. The molecule has 0 heterocycles. The first-order chi connectivity index (χ1) is 9.85. The molecular weight excluding hydrogens is 288 g/mol. The molecule has 0 unspecified atom stereocenters. The van der Waals surface area contributed by atoms with Gasteiger partial charge in [0.05, 0.1) is 11.6 Å². The third-order valence-corrected chi connectivity index (χ3v) is 2.40. The Balaban J connectivity index is 2.14. The Hall–Kier alpha value is -2.75. The highest BCUT2D eigenvalue weighted by molar-refractivity contribution is 5.62. The number of nitrogens with zero attached hydrogens (tertiary/aromatic N) is 1. The summed E-state index contributed by atoms with van der Waals surface area (Å²) >= 11 is 0. The third kappa shape index (κ3) is 4.38. The van der Waals surface area contributed by atoms with Crippen molar-refractivity contribution in [2.24, 2.45) is 0 Å². The van der Waals surface area contributed by atoms with Crippen molar-refractivity contribution >= 4 is 11.4 Å². The number of ether oxygens (including phenoxy) is 1. The van der Waals surface area contributed by atoms with E-state index in [0.717, 1.165) is 18.2 Å². The number of hydrogen-bond donors (Lipinski definition) is 1. The van der Waals surface area contributed by atoms with E-state index in [4.69, 9.17) is 5.26 Å². The van der Waals surface area contributed by atoms with Crippen LogP contribution in [0.4, 0.5) is 28.9 Å². The topological polar surface area (TPSA) is 45.0 Å². The highest BCUT2D eigenvalue weighted by Gasteiger charge is 2.30. The summed E-state index contributed by atoms with van der Waals surface area (Å²) in [7, 11) is 0. The number of benzene rings is 2. The van der Waals surface area contributed by atoms with E-state index in [2.05, 4.69) is 10.1 Å². The molecule has 0 spiro atoms. The van der Waals surface area contributed by atoms with E-state index in [1.165, 1.54) is 24.3 Å². The van der Waals surface area contributed by atoms with Crippen molar-refractivity contribution in [3.8, 4) is 11.8 Å². The van der Waals surface area contributed by atoms with Gasteiger partial charge in [-0.05, 0) is 42.5 Å². The first-order valence-electron chi connectivity index (χ1n) is 5.69. The van der Waals surface area contributed by atoms with Crippen LogP contribution in [0.2, 0.25) is 0 Å². The van der Waals surface area contributed by atoms with Gasteiger partial charge in [0, 0.05) is 11.4 Å². The Morgan fingerprint density at radius 2 is 1.67 bits per heavy atom. The van der Waals surface area contributed by atoms with Gasteiger partial charge in [-0.2, -0.15) is 5.26 Å². The average molecular weight is 296 g/mol. The molecule has 0 aromatic heterocycles. The van der Waals surface area contributed by atoms with Crippen LogP contribution >= 0.6 is 0 Å². The summed E-state index contributed by atoms with van der Waals surface area (Å²) in [4.78, 5) is 0. The zero-order valence-electron chi connectivity index (χ0n) is 10.4. The first-order valence-corrected chi connectivity index (χ1v) is 5.69. The van der Waals surface area contributed by atoms with Gasteiger partial charge in [0.25, 0.3) is 0 Å². The maximum Gasteiger partial charge on any atom is 0.573 e. The minimum atomic E-state index is -4.75. The largest absolute Gasteiger partial charge is 0.573 e. The average Bonchev–Trinajstić information content (AvgIpc) is 2.38. The molecule has 0 saturated heterocycles. The monoisotopic (exact) mass is 296 g/mol. The molecule has 0 aliphatic rings. The Morgan fingerprint density at radius 3 is 2.24 bits per heavy atom. The zero-order valence-corrected chi connectivity index (χ0v) is 10.4. The van der Waals surface area contributed by atoms with E-state index in [-0.39, 0.29) is 11.3 Å². The molecule has 0 saturated carbocycles. The summed E-state index contributed by atoms with van der Waals surface area (Å²) in [5.74, 6) is -0.946. The quantitative estimate of drug-likeness (QED) is 0.857. The van der Waals surface area contributed by atoms with Gasteiger partial charge in [0.2, 0.25) is 0 Å². The normalized spacial score (nSPS) is 10.8. The molecule has 3 nitrogen and oxygen atoms in total. The van der Waals surface area contributed by atoms with Gasteiger partial charge in [-0.3, -0.25) is 0 Å². The second-order valence-corrected chi connectivity index (χ2v) is 4.04. The molecule has 0 atom stereocenters. The molecule has 2 rings (SSSR count). The molecule has 2 aromatic carbocycles. The van der Waals surface area contributed by atoms with Gasteiger partial charge in [-0.1, -0.05) is 0 Å². The zero-order chi connectivity index (χ0) is 15.5. The molecule has 7 heteroatoms. The fourth-order valence-electron chi connectivity index (χ4n) is 1.63. The maximum atomic E-state index is 13.2. The van der Waals surface area contributed by atoms with Crippen LogP contribution in [0.1, 0.15) is 5.56 Å². The SMILES string of the molecule is N#Cc1cc(F)cc(Nc2ccc(OC(F)(F)F)cc2)c1. The molecule has 0 bridgehead atoms. The van der Waals surface area contributed by atoms with Crippen LogP contribution in [-0.2, 0) is 0 Å². The molecule has 21 heavy (non-hydrogen) atoms. The summed E-state index contributed by atoms with van der Waals surface area (Å²) in [5.41, 5.74) is 0.879. The van der Waals surface area contributed by atoms with Crippen LogP contribution in [0.5, 0.6) is 5.75 Å². The van der Waals surface area contributed by atoms with Crippen molar-refractivity contribution in [1.29, 1.82) is 5.26 Å². The van der Waals surface area contributed by atoms with Crippen LogP contribution < -0.4 is 10.1 Å². The highest BCUT2D eigenvalue weighted by atomic mass is 19.4. The van der Waals surface area contributed by atoms with Crippen molar-refractivity contribution in [3.05, 3.63) is 53.8 Å². The van der Waals surface area contributed by atoms with E-state index >= 15 is 0 Å². The summed E-state index contributed by atoms with van der Waals surface area (Å²) in [6.45, 7) is 0. The molecule has 1 N–H and O–H groups in total. The van der Waals surface area contributed by atoms with Gasteiger partial charge in [0.1, 0.15) is 11.6 Å². The lowest BCUT2D eigenvalue weighted by atomic mass is 10.2. The molecule has 0 fully saturated rings. The Kier molecular flexibility index (Phi) is 3.98. The maximum absolute atomic E-state index is 13.2. The number of hydrogen-bond acceptors (Lipinski definition) is 3. The van der Waals surface area contributed by atoms with Crippen molar-refractivity contribution < 1.29 is 22.3 Å². The summed E-state index contributed by atoms with van der Waals surface area (Å²) in [5, 5.41) is 11.5. The van der Waals surface area contributed by atoms with Gasteiger partial charge in [-0.25, -0.2) is 4.39 Å². The van der Waals surface area contributed by atoms with E-state index in [1.54, 1.807) is 6.07 Å². The van der Waals surface area contributed by atoms with Gasteiger partial charge < -0.3 is 10.1 Å². The second-order valence-electron chi connectivity index (χ2n) is 4.04. The molecule has 0 amide bonds. The molecule has 0 aliphatic carbocycles. The highest BCUT2D eigenvalue weighted by Crippen LogP contribution is 2.25. The standard InChI is InChI=1S/C14H8F4N2O/c15-10-5-9(8-19)6-12(7-10)20-11-1-3-13(4-2-11)21-14(16,17)18/h1-7,20H. The Bertz CT molecular complexity index is 675. The van der Waals surface area contributed by atoms with Crippen molar-refractivity contribution in [2.45, 2.75) is 6.36 Å². The van der Waals surface area contributed by atoms with Crippen LogP contribution in [0.25, 0.3) is 0 Å². The number of halogens is 4. The Morgan fingerprint density at radius 1 is 1.00 bits per heavy atom. The van der Waals surface area contributed by atoms with Crippen LogP contribution in [0.3, 0.4) is 0 Å². The van der Waals surface area contributed by atoms with E-state index in [1.807, 2.05) is 0 Å². The van der Waals surface area contributed by atoms with Gasteiger partial charge >= 0.3 is 6.36 Å². The van der Waals surface area contributed by atoms with E-state index < -0.39 is 12.2 Å². The fraction of sp³-hybridized carbons (Fsp3) is 0.0714. The molecular formula is C14H8F4N2O. The molecule has 108 valence electrons. The van der Waals surface area contributed by atoms with Gasteiger partial charge in [0.15, 0.2) is 0 Å². The van der Waals surface area contributed by atoms with E-state index in [0.29, 0.717) is 11.4 Å². The first kappa shape index (κ1) is 14.7. The lowest BCUT2D eigenvalue weighted by molar-refractivity contribution is -0.274. The fourth-order valence-corrected chi connectivity index (χ4v) is 1.63. The Labute approximate surface area is 117 Å². The minimum Gasteiger partial charge on any atom is -0.406 e. The van der Waals surface area contributed by atoms with Crippen molar-refractivity contribution in [3.63, 3.8) is 0 Å². The van der Waals surface area contributed by atoms with Crippen LogP contribution in [0.15, 0.2) is 42.5 Å². The van der Waals surface area contributed by atoms with Crippen LogP contribution in [0, 0.1) is 17.1 Å². The molecule has 0 aliphatic heterocycles. The van der Waals surface area contributed by atoms with Crippen molar-refractivity contribution in [1.82, 2.24) is 0 Å². The predicted octanol–water partition coefficient (Wildman–Crippen LogP) is 4.34. The predicted molar refractivity (Wildman–Crippen MR) is 67.5 cm³/mol. The number of alkyl halides is 3. The number of rotatable bonds is 3. The lowest BCUT2D eigenvalue weighted by Gasteiger charge is -2.10.